The van der Waals surface area contributed by atoms with Crippen molar-refractivity contribution in [2.24, 2.45) is 0 Å². The molecule has 0 saturated carbocycles. The molecule has 8 heteroatoms. The second-order valence-electron chi connectivity index (χ2n) is 8.10. The lowest BCUT2D eigenvalue weighted by Gasteiger charge is -2.37. The van der Waals surface area contributed by atoms with Crippen LogP contribution < -0.4 is 10.5 Å². The second-order valence-corrected chi connectivity index (χ2v) is 9.15. The van der Waals surface area contributed by atoms with Crippen molar-refractivity contribution in [3.63, 3.8) is 0 Å². The van der Waals surface area contributed by atoms with Gasteiger partial charge in [0.2, 0.25) is 5.91 Å². The molecule has 0 N–H and O–H groups in total. The lowest BCUT2D eigenvalue weighted by molar-refractivity contribution is -0.135. The Bertz CT molecular complexity index is 1370. The van der Waals surface area contributed by atoms with Crippen LogP contribution in [-0.4, -0.2) is 46.8 Å². The Balaban J connectivity index is 1.39. The van der Waals surface area contributed by atoms with Gasteiger partial charge in [-0.05, 0) is 44.2 Å². The zero-order valence-electron chi connectivity index (χ0n) is 17.9. The highest BCUT2D eigenvalue weighted by atomic mass is 32.1. The summed E-state index contributed by atoms with van der Waals surface area (Å²) in [5.41, 5.74) is 1.46. The number of aryl methyl sites for hydroxylation is 1. The molecule has 2 aromatic carbocycles. The molecule has 2 aromatic heterocycles. The summed E-state index contributed by atoms with van der Waals surface area (Å²) in [6.45, 7) is 6.00. The molecule has 5 rings (SSSR count). The zero-order chi connectivity index (χ0) is 22.4. The number of benzene rings is 2. The topological polar surface area (TPSA) is 58.4 Å². The van der Waals surface area contributed by atoms with Gasteiger partial charge in [0.15, 0.2) is 0 Å². The van der Waals surface area contributed by atoms with E-state index in [4.69, 9.17) is 0 Å². The first-order chi connectivity index (χ1) is 15.4. The third-order valence-electron chi connectivity index (χ3n) is 6.11. The Hall–Kier alpha value is -3.26. The first-order valence-corrected chi connectivity index (χ1v) is 11.5. The maximum absolute atomic E-state index is 13.3. The minimum Gasteiger partial charge on any atom is -0.368 e. The van der Waals surface area contributed by atoms with Crippen LogP contribution in [-0.2, 0) is 4.79 Å². The maximum Gasteiger partial charge on any atom is 0.276 e. The summed E-state index contributed by atoms with van der Waals surface area (Å²) in [6.07, 6.45) is 0. The number of carbonyl (C=O) groups excluding carboxylic acids is 1. The van der Waals surface area contributed by atoms with Crippen molar-refractivity contribution < 1.29 is 9.18 Å². The van der Waals surface area contributed by atoms with Crippen LogP contribution in [0.1, 0.15) is 18.7 Å². The highest BCUT2D eigenvalue weighted by Gasteiger charge is 2.28. The van der Waals surface area contributed by atoms with E-state index in [2.05, 4.69) is 10.00 Å². The van der Waals surface area contributed by atoms with Gasteiger partial charge in [-0.15, -0.1) is 11.3 Å². The Labute approximate surface area is 188 Å². The van der Waals surface area contributed by atoms with E-state index in [1.54, 1.807) is 35.3 Å². The molecule has 0 unspecified atom stereocenters. The van der Waals surface area contributed by atoms with Crippen LogP contribution in [0.15, 0.2) is 53.3 Å². The van der Waals surface area contributed by atoms with Crippen LogP contribution in [0.25, 0.3) is 20.2 Å². The minimum atomic E-state index is -0.693. The van der Waals surface area contributed by atoms with Crippen molar-refractivity contribution in [3.05, 3.63) is 70.4 Å². The monoisotopic (exact) mass is 450 g/mol. The molecule has 1 amide bonds. The normalized spacial score (nSPS) is 15.5. The van der Waals surface area contributed by atoms with E-state index in [9.17, 15) is 14.0 Å². The predicted octanol–water partition coefficient (Wildman–Crippen LogP) is 3.97. The lowest BCUT2D eigenvalue weighted by Crippen LogP contribution is -2.51. The summed E-state index contributed by atoms with van der Waals surface area (Å²) in [6, 6.07) is 13.5. The van der Waals surface area contributed by atoms with Gasteiger partial charge in [0.05, 0.1) is 15.8 Å². The molecule has 1 aliphatic heterocycles. The van der Waals surface area contributed by atoms with Crippen LogP contribution in [0.5, 0.6) is 0 Å². The molecular formula is C24H23FN4O2S. The van der Waals surface area contributed by atoms with Gasteiger partial charge >= 0.3 is 0 Å². The van der Waals surface area contributed by atoms with E-state index in [0.29, 0.717) is 31.6 Å². The number of piperazine rings is 1. The minimum absolute atomic E-state index is 0.114. The van der Waals surface area contributed by atoms with Gasteiger partial charge in [0, 0.05) is 42.0 Å². The fraction of sp³-hybridized carbons (Fsp3) is 0.292. The highest BCUT2D eigenvalue weighted by molar-refractivity contribution is 7.26. The van der Waals surface area contributed by atoms with E-state index in [1.807, 2.05) is 31.2 Å². The molecule has 0 radical (unpaired) electrons. The van der Waals surface area contributed by atoms with Crippen LogP contribution >= 0.6 is 11.3 Å². The molecule has 1 saturated heterocycles. The Kier molecular flexibility index (Phi) is 5.17. The average Bonchev–Trinajstić information content (AvgIpc) is 3.22. The maximum atomic E-state index is 13.3. The SMILES string of the molecule is Cc1nn([C@H](C)C(=O)N2CCN(c3ccc(F)cc3)CC2)c(=O)c2c1sc1ccccc12. The number of halogens is 1. The van der Waals surface area contributed by atoms with Crippen LogP contribution in [0, 0.1) is 12.7 Å². The second kappa shape index (κ2) is 8.02. The molecule has 32 heavy (non-hydrogen) atoms. The quantitative estimate of drug-likeness (QED) is 0.474. The highest BCUT2D eigenvalue weighted by Crippen LogP contribution is 2.33. The standard InChI is InChI=1S/C24H23FN4O2S/c1-15-22-21(19-5-3-4-6-20(19)32-22)24(31)29(26-15)16(2)23(30)28-13-11-27(12-14-28)18-9-7-17(25)8-10-18/h3-10,16H,11-14H2,1-2H3/t16-/m1/s1. The van der Waals surface area contributed by atoms with Gasteiger partial charge in [-0.1, -0.05) is 18.2 Å². The number of carbonyl (C=O) groups is 1. The fourth-order valence-corrected chi connectivity index (χ4v) is 5.48. The van der Waals surface area contributed by atoms with Crippen molar-refractivity contribution in [2.75, 3.05) is 31.1 Å². The van der Waals surface area contributed by atoms with E-state index in [0.717, 1.165) is 26.2 Å². The summed E-state index contributed by atoms with van der Waals surface area (Å²) >= 11 is 1.56. The average molecular weight is 451 g/mol. The summed E-state index contributed by atoms with van der Waals surface area (Å²) < 4.78 is 16.4. The van der Waals surface area contributed by atoms with E-state index < -0.39 is 6.04 Å². The van der Waals surface area contributed by atoms with Gasteiger partial charge in [0.25, 0.3) is 5.56 Å². The molecule has 0 bridgehead atoms. The van der Waals surface area contributed by atoms with Crippen molar-refractivity contribution in [1.29, 1.82) is 0 Å². The molecule has 1 aliphatic rings. The number of aromatic nitrogens is 2. The summed E-state index contributed by atoms with van der Waals surface area (Å²) in [5, 5.41) is 6.05. The Morgan fingerprint density at radius 2 is 1.75 bits per heavy atom. The number of fused-ring (bicyclic) bond motifs is 3. The smallest absolute Gasteiger partial charge is 0.276 e. The number of hydrogen-bond acceptors (Lipinski definition) is 5. The van der Waals surface area contributed by atoms with Gasteiger partial charge in [0.1, 0.15) is 11.9 Å². The van der Waals surface area contributed by atoms with Crippen LogP contribution in [0.2, 0.25) is 0 Å². The molecule has 3 heterocycles. The number of thiophene rings is 1. The van der Waals surface area contributed by atoms with Gasteiger partial charge in [-0.3, -0.25) is 9.59 Å². The number of rotatable bonds is 3. The lowest BCUT2D eigenvalue weighted by atomic mass is 10.1. The number of amides is 1. The van der Waals surface area contributed by atoms with Gasteiger partial charge in [-0.25, -0.2) is 9.07 Å². The van der Waals surface area contributed by atoms with Gasteiger partial charge < -0.3 is 9.80 Å². The third kappa shape index (κ3) is 3.44. The number of anilines is 1. The largest absolute Gasteiger partial charge is 0.368 e. The molecule has 1 atom stereocenters. The van der Waals surface area contributed by atoms with Crippen molar-refractivity contribution in [3.8, 4) is 0 Å². The van der Waals surface area contributed by atoms with Crippen LogP contribution in [0.4, 0.5) is 10.1 Å². The fourth-order valence-electron chi connectivity index (χ4n) is 4.35. The molecular weight excluding hydrogens is 427 g/mol. The van der Waals surface area contributed by atoms with Crippen LogP contribution in [0.3, 0.4) is 0 Å². The zero-order valence-corrected chi connectivity index (χ0v) is 18.7. The van der Waals surface area contributed by atoms with Crippen molar-refractivity contribution in [2.45, 2.75) is 19.9 Å². The van der Waals surface area contributed by atoms with Crippen molar-refractivity contribution in [1.82, 2.24) is 14.7 Å². The molecule has 0 aliphatic carbocycles. The molecule has 1 fully saturated rings. The first-order valence-electron chi connectivity index (χ1n) is 10.6. The number of nitrogens with zero attached hydrogens (tertiary/aromatic N) is 4. The summed E-state index contributed by atoms with van der Waals surface area (Å²) in [5.74, 6) is -0.378. The molecule has 164 valence electrons. The molecule has 0 spiro atoms. The van der Waals surface area contributed by atoms with E-state index >= 15 is 0 Å². The Morgan fingerprint density at radius 3 is 2.47 bits per heavy atom. The van der Waals surface area contributed by atoms with E-state index in [1.165, 1.54) is 16.8 Å². The summed E-state index contributed by atoms with van der Waals surface area (Å²) in [4.78, 5) is 30.5. The Morgan fingerprint density at radius 1 is 1.06 bits per heavy atom. The first kappa shape index (κ1) is 20.6. The summed E-state index contributed by atoms with van der Waals surface area (Å²) in [7, 11) is 0. The molecule has 6 nitrogen and oxygen atoms in total. The van der Waals surface area contributed by atoms with Crippen molar-refractivity contribution >= 4 is 43.1 Å². The van der Waals surface area contributed by atoms with E-state index in [-0.39, 0.29) is 17.3 Å². The molecule has 4 aromatic rings. The van der Waals surface area contributed by atoms with Gasteiger partial charge in [-0.2, -0.15) is 5.10 Å². The predicted molar refractivity (Wildman–Crippen MR) is 126 cm³/mol. The third-order valence-corrected chi connectivity index (χ3v) is 7.39. The number of hydrogen-bond donors (Lipinski definition) is 0.